The van der Waals surface area contributed by atoms with Crippen molar-refractivity contribution in [1.29, 1.82) is 0 Å². The predicted molar refractivity (Wildman–Crippen MR) is 50.4 cm³/mol. The third kappa shape index (κ3) is 2.55. The summed E-state index contributed by atoms with van der Waals surface area (Å²) in [5.74, 6) is 0.399. The van der Waals surface area contributed by atoms with Gasteiger partial charge in [0.15, 0.2) is 0 Å². The molecule has 0 aliphatic rings. The minimum Gasteiger partial charge on any atom is -0.508 e. The number of phenolic OH excluding ortho intramolecular Hbond substituents is 1. The molecule has 2 heteroatoms. The molecule has 12 heavy (non-hydrogen) atoms. The van der Waals surface area contributed by atoms with Crippen LogP contribution < -0.4 is 5.32 Å². The lowest BCUT2D eigenvalue weighted by Gasteiger charge is -2.03. The second kappa shape index (κ2) is 4.78. The van der Waals surface area contributed by atoms with E-state index in [-0.39, 0.29) is 0 Å². The molecule has 1 aromatic rings. The van der Waals surface area contributed by atoms with Gasteiger partial charge in [-0.05, 0) is 31.1 Å². The van der Waals surface area contributed by atoms with Crippen LogP contribution in [0.5, 0.6) is 5.75 Å². The highest BCUT2D eigenvalue weighted by atomic mass is 16.3. The van der Waals surface area contributed by atoms with E-state index in [0.29, 0.717) is 5.75 Å². The van der Waals surface area contributed by atoms with E-state index < -0.39 is 0 Å². The molecule has 66 valence electrons. The van der Waals surface area contributed by atoms with Gasteiger partial charge in [-0.25, -0.2) is 0 Å². The first kappa shape index (κ1) is 9.07. The number of nitrogens with one attached hydrogen (secondary N) is 1. The lowest BCUT2D eigenvalue weighted by molar-refractivity contribution is 0.467. The van der Waals surface area contributed by atoms with Gasteiger partial charge in [-0.1, -0.05) is 25.1 Å². The summed E-state index contributed by atoms with van der Waals surface area (Å²) in [6, 6.07) is 7.46. The topological polar surface area (TPSA) is 32.3 Å². The van der Waals surface area contributed by atoms with Crippen LogP contribution in [0.3, 0.4) is 0 Å². The van der Waals surface area contributed by atoms with E-state index in [0.717, 1.165) is 25.1 Å². The molecule has 0 saturated heterocycles. The van der Waals surface area contributed by atoms with Gasteiger partial charge < -0.3 is 10.4 Å². The minimum absolute atomic E-state index is 0.399. The molecule has 0 heterocycles. The zero-order valence-electron chi connectivity index (χ0n) is 7.38. The van der Waals surface area contributed by atoms with Gasteiger partial charge in [0, 0.05) is 0 Å². The van der Waals surface area contributed by atoms with Crippen LogP contribution in [-0.4, -0.2) is 18.2 Å². The molecule has 0 aliphatic carbocycles. The molecule has 2 N–H and O–H groups in total. The summed E-state index contributed by atoms with van der Waals surface area (Å²) in [5, 5.41) is 12.6. The molecule has 0 radical (unpaired) electrons. The highest BCUT2D eigenvalue weighted by Gasteiger charge is 1.97. The fourth-order valence-electron chi connectivity index (χ4n) is 1.12. The lowest BCUT2D eigenvalue weighted by atomic mass is 10.1. The van der Waals surface area contributed by atoms with E-state index in [1.165, 1.54) is 0 Å². The molecule has 0 aromatic heterocycles. The number of benzene rings is 1. The molecule has 1 aromatic carbocycles. The molecule has 0 saturated carbocycles. The number of hydrogen-bond donors (Lipinski definition) is 2. The van der Waals surface area contributed by atoms with Crippen LogP contribution in [0.2, 0.25) is 0 Å². The van der Waals surface area contributed by atoms with Gasteiger partial charge in [-0.3, -0.25) is 0 Å². The van der Waals surface area contributed by atoms with E-state index in [2.05, 4.69) is 12.2 Å². The Labute approximate surface area is 73.2 Å². The number of para-hydroxylation sites is 1. The van der Waals surface area contributed by atoms with Crippen molar-refractivity contribution in [3.8, 4) is 5.75 Å². The van der Waals surface area contributed by atoms with Crippen molar-refractivity contribution in [2.24, 2.45) is 0 Å². The Bertz CT molecular complexity index is 235. The van der Waals surface area contributed by atoms with Gasteiger partial charge in [-0.15, -0.1) is 0 Å². The molecule has 0 fully saturated rings. The standard InChI is InChI=1S/C10H15NO/c1-2-11-8-7-9-5-3-4-6-10(9)12/h3-6,11-12H,2,7-8H2,1H3. The van der Waals surface area contributed by atoms with E-state index in [9.17, 15) is 5.11 Å². The summed E-state index contributed by atoms with van der Waals surface area (Å²) in [5.41, 5.74) is 1.01. The second-order valence-corrected chi connectivity index (χ2v) is 2.73. The first-order valence-corrected chi connectivity index (χ1v) is 4.32. The lowest BCUT2D eigenvalue weighted by Crippen LogP contribution is -2.15. The van der Waals surface area contributed by atoms with Crippen LogP contribution in [0.1, 0.15) is 12.5 Å². The fraction of sp³-hybridized carbons (Fsp3) is 0.400. The number of phenols is 1. The highest BCUT2D eigenvalue weighted by molar-refractivity contribution is 5.31. The Morgan fingerprint density at radius 2 is 2.08 bits per heavy atom. The van der Waals surface area contributed by atoms with E-state index >= 15 is 0 Å². The fourth-order valence-corrected chi connectivity index (χ4v) is 1.12. The third-order valence-electron chi connectivity index (χ3n) is 1.81. The Hall–Kier alpha value is -1.02. The Kier molecular flexibility index (Phi) is 3.61. The van der Waals surface area contributed by atoms with Crippen molar-refractivity contribution < 1.29 is 5.11 Å². The molecular weight excluding hydrogens is 150 g/mol. The van der Waals surface area contributed by atoms with Crippen LogP contribution in [0, 0.1) is 0 Å². The first-order valence-electron chi connectivity index (χ1n) is 4.32. The molecule has 0 unspecified atom stereocenters. The number of rotatable bonds is 4. The predicted octanol–water partition coefficient (Wildman–Crippen LogP) is 1.54. The molecular formula is C10H15NO. The summed E-state index contributed by atoms with van der Waals surface area (Å²) < 4.78 is 0. The van der Waals surface area contributed by atoms with Gasteiger partial charge in [0.05, 0.1) is 0 Å². The molecule has 0 atom stereocenters. The second-order valence-electron chi connectivity index (χ2n) is 2.73. The van der Waals surface area contributed by atoms with Crippen molar-refractivity contribution in [2.75, 3.05) is 13.1 Å². The largest absolute Gasteiger partial charge is 0.508 e. The van der Waals surface area contributed by atoms with E-state index in [4.69, 9.17) is 0 Å². The van der Waals surface area contributed by atoms with Crippen LogP contribution in [0.4, 0.5) is 0 Å². The highest BCUT2D eigenvalue weighted by Crippen LogP contribution is 2.15. The Morgan fingerprint density at radius 1 is 1.33 bits per heavy atom. The van der Waals surface area contributed by atoms with Gasteiger partial charge in [0.2, 0.25) is 0 Å². The van der Waals surface area contributed by atoms with Crippen LogP contribution >= 0.6 is 0 Å². The minimum atomic E-state index is 0.399. The molecule has 0 spiro atoms. The zero-order chi connectivity index (χ0) is 8.81. The third-order valence-corrected chi connectivity index (χ3v) is 1.81. The van der Waals surface area contributed by atoms with Gasteiger partial charge in [0.25, 0.3) is 0 Å². The van der Waals surface area contributed by atoms with Crippen molar-refractivity contribution >= 4 is 0 Å². The first-order chi connectivity index (χ1) is 5.84. The van der Waals surface area contributed by atoms with Gasteiger partial charge >= 0.3 is 0 Å². The van der Waals surface area contributed by atoms with Crippen molar-refractivity contribution in [1.82, 2.24) is 5.32 Å². The average Bonchev–Trinajstić information content (AvgIpc) is 2.09. The van der Waals surface area contributed by atoms with Gasteiger partial charge in [-0.2, -0.15) is 0 Å². The Morgan fingerprint density at radius 3 is 2.75 bits per heavy atom. The maximum absolute atomic E-state index is 9.38. The number of aromatic hydroxyl groups is 1. The van der Waals surface area contributed by atoms with E-state index in [1.807, 2.05) is 18.2 Å². The van der Waals surface area contributed by atoms with Crippen LogP contribution in [0.25, 0.3) is 0 Å². The normalized spacial score (nSPS) is 10.1. The van der Waals surface area contributed by atoms with E-state index in [1.54, 1.807) is 6.07 Å². The molecule has 0 aliphatic heterocycles. The van der Waals surface area contributed by atoms with Crippen LogP contribution in [0.15, 0.2) is 24.3 Å². The quantitative estimate of drug-likeness (QED) is 0.663. The smallest absolute Gasteiger partial charge is 0.118 e. The van der Waals surface area contributed by atoms with Crippen molar-refractivity contribution in [3.05, 3.63) is 29.8 Å². The summed E-state index contributed by atoms with van der Waals surface area (Å²) in [6.45, 7) is 3.98. The molecule has 2 nitrogen and oxygen atoms in total. The number of hydrogen-bond acceptors (Lipinski definition) is 2. The summed E-state index contributed by atoms with van der Waals surface area (Å²) in [7, 11) is 0. The molecule has 0 amide bonds. The van der Waals surface area contributed by atoms with Crippen molar-refractivity contribution in [2.45, 2.75) is 13.3 Å². The van der Waals surface area contributed by atoms with Crippen molar-refractivity contribution in [3.63, 3.8) is 0 Å². The average molecular weight is 165 g/mol. The molecule has 0 bridgehead atoms. The molecule has 1 rings (SSSR count). The van der Waals surface area contributed by atoms with Crippen LogP contribution in [-0.2, 0) is 6.42 Å². The summed E-state index contributed by atoms with van der Waals surface area (Å²) in [4.78, 5) is 0. The zero-order valence-corrected chi connectivity index (χ0v) is 7.38. The SMILES string of the molecule is CCNCCc1ccccc1O. The maximum Gasteiger partial charge on any atom is 0.118 e. The summed E-state index contributed by atoms with van der Waals surface area (Å²) in [6.07, 6.45) is 0.889. The summed E-state index contributed by atoms with van der Waals surface area (Å²) >= 11 is 0. The number of likely N-dealkylation sites (N-methyl/N-ethyl adjacent to an activating group) is 1. The monoisotopic (exact) mass is 165 g/mol. The Balaban J connectivity index is 2.46. The van der Waals surface area contributed by atoms with Gasteiger partial charge in [0.1, 0.15) is 5.75 Å². The maximum atomic E-state index is 9.38.